The Balaban J connectivity index is 2.38. The quantitative estimate of drug-likeness (QED) is 0.629. The molecule has 0 aliphatic rings. The highest BCUT2D eigenvalue weighted by Crippen LogP contribution is 2.10. The van der Waals surface area contributed by atoms with Gasteiger partial charge in [-0.25, -0.2) is 4.79 Å². The van der Waals surface area contributed by atoms with Crippen LogP contribution >= 0.6 is 0 Å². The lowest BCUT2D eigenvalue weighted by atomic mass is 10.1. The average Bonchev–Trinajstić information content (AvgIpc) is 2.62. The standard InChI is InChI=1S/C21H32N2O5/c1-6-17(23-20(26)27-14-16-10-8-7-9-11-16)19(25)22-15(2)12-13-18(24)28-21(3,4)5/h7-11,15,17H,6,12-14H2,1-5H3,(H,22,25)(H,23,26)/t15?,17-/m0/s1. The van der Waals surface area contributed by atoms with Gasteiger partial charge in [0.1, 0.15) is 18.2 Å². The van der Waals surface area contributed by atoms with Crippen LogP contribution in [0.3, 0.4) is 0 Å². The molecule has 0 aliphatic heterocycles. The van der Waals surface area contributed by atoms with Crippen LogP contribution in [0.2, 0.25) is 0 Å². The second-order valence-electron chi connectivity index (χ2n) is 7.70. The summed E-state index contributed by atoms with van der Waals surface area (Å²) >= 11 is 0. The van der Waals surface area contributed by atoms with Crippen LogP contribution in [0.1, 0.15) is 59.4 Å². The Labute approximate surface area is 167 Å². The molecular weight excluding hydrogens is 360 g/mol. The third kappa shape index (κ3) is 9.94. The Morgan fingerprint density at radius 3 is 2.29 bits per heavy atom. The molecule has 156 valence electrons. The van der Waals surface area contributed by atoms with Gasteiger partial charge in [-0.15, -0.1) is 0 Å². The maximum absolute atomic E-state index is 12.4. The van der Waals surface area contributed by atoms with E-state index < -0.39 is 17.7 Å². The van der Waals surface area contributed by atoms with E-state index in [4.69, 9.17) is 9.47 Å². The van der Waals surface area contributed by atoms with Gasteiger partial charge >= 0.3 is 12.1 Å². The molecule has 0 spiro atoms. The molecule has 0 saturated heterocycles. The summed E-state index contributed by atoms with van der Waals surface area (Å²) in [5.74, 6) is -0.612. The van der Waals surface area contributed by atoms with Gasteiger partial charge in [0.25, 0.3) is 0 Å². The third-order valence-electron chi connectivity index (χ3n) is 3.82. The molecule has 0 aliphatic carbocycles. The highest BCUT2D eigenvalue weighted by atomic mass is 16.6. The maximum Gasteiger partial charge on any atom is 0.408 e. The van der Waals surface area contributed by atoms with Gasteiger partial charge in [0.05, 0.1) is 0 Å². The van der Waals surface area contributed by atoms with Crippen molar-refractivity contribution in [2.75, 3.05) is 0 Å². The number of ether oxygens (including phenoxy) is 2. The van der Waals surface area contributed by atoms with Gasteiger partial charge in [-0.05, 0) is 46.1 Å². The molecule has 0 bridgehead atoms. The zero-order valence-corrected chi connectivity index (χ0v) is 17.4. The summed E-state index contributed by atoms with van der Waals surface area (Å²) in [4.78, 5) is 36.1. The molecule has 28 heavy (non-hydrogen) atoms. The second-order valence-corrected chi connectivity index (χ2v) is 7.70. The molecule has 2 atom stereocenters. The van der Waals surface area contributed by atoms with Crippen molar-refractivity contribution < 1.29 is 23.9 Å². The zero-order chi connectivity index (χ0) is 21.2. The van der Waals surface area contributed by atoms with E-state index in [1.165, 1.54) is 0 Å². The van der Waals surface area contributed by atoms with Gasteiger partial charge in [-0.3, -0.25) is 9.59 Å². The van der Waals surface area contributed by atoms with Gasteiger partial charge in [-0.1, -0.05) is 37.3 Å². The largest absolute Gasteiger partial charge is 0.460 e. The van der Waals surface area contributed by atoms with Crippen molar-refractivity contribution in [2.45, 2.75) is 78.2 Å². The molecule has 1 unspecified atom stereocenters. The third-order valence-corrected chi connectivity index (χ3v) is 3.82. The van der Waals surface area contributed by atoms with E-state index in [0.717, 1.165) is 5.56 Å². The first-order valence-electron chi connectivity index (χ1n) is 9.60. The van der Waals surface area contributed by atoms with E-state index in [9.17, 15) is 14.4 Å². The number of nitrogens with one attached hydrogen (secondary N) is 2. The number of carbonyl (C=O) groups is 3. The van der Waals surface area contributed by atoms with Crippen LogP contribution in [0, 0.1) is 0 Å². The van der Waals surface area contributed by atoms with E-state index >= 15 is 0 Å². The monoisotopic (exact) mass is 392 g/mol. The van der Waals surface area contributed by atoms with Crippen LogP contribution < -0.4 is 10.6 Å². The Bertz CT molecular complexity index is 640. The summed E-state index contributed by atoms with van der Waals surface area (Å²) in [6, 6.07) is 8.37. The SMILES string of the molecule is CC[C@H](NC(=O)OCc1ccccc1)C(=O)NC(C)CCC(=O)OC(C)(C)C. The molecule has 2 N–H and O–H groups in total. The lowest BCUT2D eigenvalue weighted by Gasteiger charge is -2.22. The molecule has 7 nitrogen and oxygen atoms in total. The second kappa shape index (κ2) is 11.3. The number of carbonyl (C=O) groups excluding carboxylic acids is 3. The molecule has 0 heterocycles. The molecule has 0 aromatic heterocycles. The molecule has 1 aromatic carbocycles. The highest BCUT2D eigenvalue weighted by molar-refractivity contribution is 5.85. The lowest BCUT2D eigenvalue weighted by molar-refractivity contribution is -0.155. The molecule has 1 aromatic rings. The van der Waals surface area contributed by atoms with Crippen LogP contribution in [0.15, 0.2) is 30.3 Å². The first-order chi connectivity index (χ1) is 13.1. The molecule has 1 rings (SSSR count). The zero-order valence-electron chi connectivity index (χ0n) is 17.4. The number of hydrogen-bond donors (Lipinski definition) is 2. The number of hydrogen-bond acceptors (Lipinski definition) is 5. The van der Waals surface area contributed by atoms with Crippen molar-refractivity contribution in [3.8, 4) is 0 Å². The summed E-state index contributed by atoms with van der Waals surface area (Å²) < 4.78 is 10.4. The van der Waals surface area contributed by atoms with Crippen LogP contribution in [0.25, 0.3) is 0 Å². The average molecular weight is 392 g/mol. The Hall–Kier alpha value is -2.57. The maximum atomic E-state index is 12.4. The summed E-state index contributed by atoms with van der Waals surface area (Å²) in [6.07, 6.45) is 0.440. The first-order valence-corrected chi connectivity index (χ1v) is 9.60. The fourth-order valence-corrected chi connectivity index (χ4v) is 2.40. The van der Waals surface area contributed by atoms with Gasteiger partial charge in [0, 0.05) is 12.5 Å². The van der Waals surface area contributed by atoms with E-state index in [0.29, 0.717) is 12.8 Å². The fraction of sp³-hybridized carbons (Fsp3) is 0.571. The lowest BCUT2D eigenvalue weighted by Crippen LogP contribution is -2.48. The van der Waals surface area contributed by atoms with Gasteiger partial charge in [-0.2, -0.15) is 0 Å². The smallest absolute Gasteiger partial charge is 0.408 e. The van der Waals surface area contributed by atoms with Crippen molar-refractivity contribution in [1.82, 2.24) is 10.6 Å². The molecule has 2 amide bonds. The van der Waals surface area contributed by atoms with Crippen LogP contribution in [-0.4, -0.2) is 35.7 Å². The number of benzene rings is 1. The predicted molar refractivity (Wildman–Crippen MR) is 107 cm³/mol. The fourth-order valence-electron chi connectivity index (χ4n) is 2.40. The van der Waals surface area contributed by atoms with E-state index in [-0.39, 0.29) is 30.9 Å². The topological polar surface area (TPSA) is 93.7 Å². The van der Waals surface area contributed by atoms with E-state index in [2.05, 4.69) is 10.6 Å². The van der Waals surface area contributed by atoms with Gasteiger partial charge < -0.3 is 20.1 Å². The van der Waals surface area contributed by atoms with Crippen LogP contribution in [0.5, 0.6) is 0 Å². The number of alkyl carbamates (subject to hydrolysis) is 1. The van der Waals surface area contributed by atoms with Gasteiger partial charge in [0.2, 0.25) is 5.91 Å². The summed E-state index contributed by atoms with van der Waals surface area (Å²) in [5, 5.41) is 5.38. The van der Waals surface area contributed by atoms with Crippen molar-refractivity contribution in [1.29, 1.82) is 0 Å². The normalized spacial score (nSPS) is 13.2. The number of esters is 1. The molecular formula is C21H32N2O5. The molecule has 7 heteroatoms. The summed E-state index contributed by atoms with van der Waals surface area (Å²) in [6.45, 7) is 9.17. The molecule has 0 saturated carbocycles. The minimum absolute atomic E-state index is 0.136. The molecule has 0 radical (unpaired) electrons. The van der Waals surface area contributed by atoms with Crippen LogP contribution in [-0.2, 0) is 25.7 Å². The summed E-state index contributed by atoms with van der Waals surface area (Å²) in [5.41, 5.74) is 0.340. The highest BCUT2D eigenvalue weighted by Gasteiger charge is 2.22. The van der Waals surface area contributed by atoms with Gasteiger partial charge in [0.15, 0.2) is 0 Å². The molecule has 0 fully saturated rings. The Morgan fingerprint density at radius 1 is 1.07 bits per heavy atom. The van der Waals surface area contributed by atoms with Crippen molar-refractivity contribution in [2.24, 2.45) is 0 Å². The van der Waals surface area contributed by atoms with Crippen molar-refractivity contribution in [3.63, 3.8) is 0 Å². The minimum atomic E-state index is -0.702. The van der Waals surface area contributed by atoms with E-state index in [1.807, 2.05) is 58.0 Å². The summed E-state index contributed by atoms with van der Waals surface area (Å²) in [7, 11) is 0. The van der Waals surface area contributed by atoms with Crippen molar-refractivity contribution >= 4 is 18.0 Å². The van der Waals surface area contributed by atoms with Crippen LogP contribution in [0.4, 0.5) is 4.79 Å². The first kappa shape index (κ1) is 23.5. The van der Waals surface area contributed by atoms with E-state index in [1.54, 1.807) is 6.92 Å². The predicted octanol–water partition coefficient (Wildman–Crippen LogP) is 3.32. The Kier molecular flexibility index (Phi) is 9.48. The minimum Gasteiger partial charge on any atom is -0.460 e. The Morgan fingerprint density at radius 2 is 1.71 bits per heavy atom. The number of amides is 2. The van der Waals surface area contributed by atoms with Crippen molar-refractivity contribution in [3.05, 3.63) is 35.9 Å². The number of rotatable bonds is 9.